The molecule has 1 amide bonds. The first-order chi connectivity index (χ1) is 10.5. The highest BCUT2D eigenvalue weighted by Gasteiger charge is 2.45. The van der Waals surface area contributed by atoms with E-state index in [2.05, 4.69) is 5.32 Å². The Morgan fingerprint density at radius 1 is 1.32 bits per heavy atom. The maximum Gasteiger partial charge on any atom is 0.217 e. The molecule has 4 N–H and O–H groups in total. The lowest BCUT2D eigenvalue weighted by Gasteiger charge is -2.42. The maximum absolute atomic E-state index is 11.2. The molecule has 0 aliphatic carbocycles. The second kappa shape index (κ2) is 7.66. The molecule has 0 radical (unpaired) electrons. The summed E-state index contributed by atoms with van der Waals surface area (Å²) in [6.07, 6.45) is -4.36. The van der Waals surface area contributed by atoms with Gasteiger partial charge in [-0.2, -0.15) is 0 Å². The van der Waals surface area contributed by atoms with E-state index in [-0.39, 0.29) is 6.61 Å². The van der Waals surface area contributed by atoms with Crippen molar-refractivity contribution in [1.29, 1.82) is 0 Å². The average Bonchev–Trinajstić information content (AvgIpc) is 2.51. The Labute approximate surface area is 128 Å². The molecule has 0 bridgehead atoms. The summed E-state index contributed by atoms with van der Waals surface area (Å²) in [4.78, 5) is 11.2. The molecular weight excluding hydrogens is 290 g/mol. The van der Waals surface area contributed by atoms with E-state index in [1.165, 1.54) is 6.92 Å². The highest BCUT2D eigenvalue weighted by molar-refractivity contribution is 5.73. The number of nitrogens with one attached hydrogen (secondary N) is 1. The third kappa shape index (κ3) is 4.02. The molecule has 2 rings (SSSR count). The van der Waals surface area contributed by atoms with E-state index >= 15 is 0 Å². The second-order valence-electron chi connectivity index (χ2n) is 5.23. The van der Waals surface area contributed by atoms with Crippen molar-refractivity contribution in [3.05, 3.63) is 35.9 Å². The first-order valence-electron chi connectivity index (χ1n) is 7.08. The number of benzene rings is 1. The van der Waals surface area contributed by atoms with Gasteiger partial charge in [0.15, 0.2) is 6.29 Å². The van der Waals surface area contributed by atoms with Crippen molar-refractivity contribution in [3.63, 3.8) is 0 Å². The Hall–Kier alpha value is -1.51. The minimum Gasteiger partial charge on any atom is -0.394 e. The fourth-order valence-corrected chi connectivity index (χ4v) is 2.45. The zero-order chi connectivity index (χ0) is 16.1. The highest BCUT2D eigenvalue weighted by Crippen LogP contribution is 2.23. The van der Waals surface area contributed by atoms with Crippen LogP contribution in [0, 0.1) is 0 Å². The smallest absolute Gasteiger partial charge is 0.217 e. The number of amides is 1. The van der Waals surface area contributed by atoms with Gasteiger partial charge in [0.1, 0.15) is 24.4 Å². The lowest BCUT2D eigenvalue weighted by molar-refractivity contribution is -0.265. The molecule has 1 aromatic carbocycles. The summed E-state index contributed by atoms with van der Waals surface area (Å²) in [5.41, 5.74) is 0.897. The average molecular weight is 311 g/mol. The number of carbonyl (C=O) groups excluding carboxylic acids is 1. The molecule has 7 nitrogen and oxygen atoms in total. The summed E-state index contributed by atoms with van der Waals surface area (Å²) in [5.74, 6) is -0.407. The highest BCUT2D eigenvalue weighted by atomic mass is 16.6. The molecule has 1 aliphatic heterocycles. The minimum absolute atomic E-state index is 0.214. The molecular formula is C15H21NO6. The van der Waals surface area contributed by atoms with E-state index < -0.39 is 43.2 Å². The molecule has 1 fully saturated rings. The van der Waals surface area contributed by atoms with Gasteiger partial charge in [-0.05, 0) is 5.56 Å². The zero-order valence-electron chi connectivity index (χ0n) is 12.3. The summed E-state index contributed by atoms with van der Waals surface area (Å²) in [6.45, 7) is 1.07. The quantitative estimate of drug-likeness (QED) is 0.564. The lowest BCUT2D eigenvalue weighted by atomic mass is 9.96. The third-order valence-electron chi connectivity index (χ3n) is 3.53. The summed E-state index contributed by atoms with van der Waals surface area (Å²) in [6, 6.07) is 8.32. The fourth-order valence-electron chi connectivity index (χ4n) is 2.45. The van der Waals surface area contributed by atoms with Gasteiger partial charge in [0.2, 0.25) is 5.91 Å². The lowest BCUT2D eigenvalue weighted by Crippen LogP contribution is -2.64. The Morgan fingerprint density at radius 2 is 2.00 bits per heavy atom. The predicted molar refractivity (Wildman–Crippen MR) is 76.6 cm³/mol. The predicted octanol–water partition coefficient (Wildman–Crippen LogP) is -0.853. The van der Waals surface area contributed by atoms with Gasteiger partial charge in [0.05, 0.1) is 13.2 Å². The molecule has 1 aliphatic rings. The van der Waals surface area contributed by atoms with E-state index in [0.717, 1.165) is 5.56 Å². The Kier molecular flexibility index (Phi) is 5.87. The van der Waals surface area contributed by atoms with Crippen LogP contribution in [-0.2, 0) is 20.9 Å². The number of rotatable bonds is 5. The molecule has 1 saturated heterocycles. The molecule has 5 atom stereocenters. The normalized spacial score (nSPS) is 31.7. The fraction of sp³-hybridized carbons (Fsp3) is 0.533. The summed E-state index contributed by atoms with van der Waals surface area (Å²) < 4.78 is 10.9. The van der Waals surface area contributed by atoms with Gasteiger partial charge in [0, 0.05) is 6.92 Å². The summed E-state index contributed by atoms with van der Waals surface area (Å²) in [5, 5.41) is 31.9. The molecule has 0 aromatic heterocycles. The van der Waals surface area contributed by atoms with Gasteiger partial charge in [0.25, 0.3) is 0 Å². The van der Waals surface area contributed by atoms with Gasteiger partial charge in [-0.1, -0.05) is 30.3 Å². The standard InChI is InChI=1S/C15H21NO6/c1-9(18)16-12-13(19)14(11(7-17)22-15(12)20)21-8-10-5-3-2-4-6-10/h2-6,11-15,17,19-20H,7-8H2,1H3,(H,16,18)/t11-,12-,13-,14-,15-/m1/s1. The summed E-state index contributed by atoms with van der Waals surface area (Å²) >= 11 is 0. The van der Waals surface area contributed by atoms with E-state index in [1.807, 2.05) is 30.3 Å². The van der Waals surface area contributed by atoms with Crippen LogP contribution in [-0.4, -0.2) is 58.5 Å². The van der Waals surface area contributed by atoms with Crippen molar-refractivity contribution in [1.82, 2.24) is 5.32 Å². The topological polar surface area (TPSA) is 108 Å². The van der Waals surface area contributed by atoms with Crippen LogP contribution in [0.1, 0.15) is 12.5 Å². The Bertz CT molecular complexity index is 482. The minimum atomic E-state index is -1.41. The van der Waals surface area contributed by atoms with Gasteiger partial charge < -0.3 is 30.1 Å². The van der Waals surface area contributed by atoms with Gasteiger partial charge in [-0.15, -0.1) is 0 Å². The van der Waals surface area contributed by atoms with Crippen molar-refractivity contribution in [2.24, 2.45) is 0 Å². The van der Waals surface area contributed by atoms with E-state index in [9.17, 15) is 20.1 Å². The number of aliphatic hydroxyl groups is 3. The molecule has 1 heterocycles. The van der Waals surface area contributed by atoms with Crippen molar-refractivity contribution < 1.29 is 29.6 Å². The SMILES string of the molecule is CC(=O)N[C@@H]1[C@@H](O)[C@H](OCc2ccccc2)[C@@H](CO)O[C@H]1O. The van der Waals surface area contributed by atoms with Crippen molar-refractivity contribution >= 4 is 5.91 Å². The number of ether oxygens (including phenoxy) is 2. The van der Waals surface area contributed by atoms with Crippen molar-refractivity contribution in [3.8, 4) is 0 Å². The Morgan fingerprint density at radius 3 is 2.59 bits per heavy atom. The van der Waals surface area contributed by atoms with Crippen LogP contribution in [0.3, 0.4) is 0 Å². The van der Waals surface area contributed by atoms with Crippen LogP contribution >= 0.6 is 0 Å². The van der Waals surface area contributed by atoms with E-state index in [0.29, 0.717) is 0 Å². The van der Waals surface area contributed by atoms with Crippen LogP contribution in [0.4, 0.5) is 0 Å². The summed E-state index contributed by atoms with van der Waals surface area (Å²) in [7, 11) is 0. The van der Waals surface area contributed by atoms with Crippen LogP contribution < -0.4 is 5.32 Å². The van der Waals surface area contributed by atoms with Crippen LogP contribution in [0.15, 0.2) is 30.3 Å². The number of hydrogen-bond acceptors (Lipinski definition) is 6. The van der Waals surface area contributed by atoms with Gasteiger partial charge in [-0.3, -0.25) is 4.79 Å². The molecule has 1 aromatic rings. The zero-order valence-corrected chi connectivity index (χ0v) is 12.3. The molecule has 0 saturated carbocycles. The maximum atomic E-state index is 11.2. The van der Waals surface area contributed by atoms with Crippen molar-refractivity contribution in [2.45, 2.75) is 44.2 Å². The first kappa shape index (κ1) is 16.9. The molecule has 0 spiro atoms. The molecule has 122 valence electrons. The van der Waals surface area contributed by atoms with Crippen molar-refractivity contribution in [2.75, 3.05) is 6.61 Å². The Balaban J connectivity index is 2.06. The largest absolute Gasteiger partial charge is 0.394 e. The van der Waals surface area contributed by atoms with E-state index in [4.69, 9.17) is 9.47 Å². The monoisotopic (exact) mass is 311 g/mol. The molecule has 22 heavy (non-hydrogen) atoms. The number of hydrogen-bond donors (Lipinski definition) is 4. The van der Waals surface area contributed by atoms with Crippen LogP contribution in [0.25, 0.3) is 0 Å². The van der Waals surface area contributed by atoms with Gasteiger partial charge in [-0.25, -0.2) is 0 Å². The molecule has 0 unspecified atom stereocenters. The molecule has 7 heteroatoms. The van der Waals surface area contributed by atoms with Crippen LogP contribution in [0.5, 0.6) is 0 Å². The van der Waals surface area contributed by atoms with Crippen LogP contribution in [0.2, 0.25) is 0 Å². The van der Waals surface area contributed by atoms with Gasteiger partial charge >= 0.3 is 0 Å². The first-order valence-corrected chi connectivity index (χ1v) is 7.08. The number of aliphatic hydroxyl groups excluding tert-OH is 3. The third-order valence-corrected chi connectivity index (χ3v) is 3.53. The number of carbonyl (C=O) groups is 1. The van der Waals surface area contributed by atoms with E-state index in [1.54, 1.807) is 0 Å². The second-order valence-corrected chi connectivity index (χ2v) is 5.23.